The van der Waals surface area contributed by atoms with Crippen molar-refractivity contribution < 1.29 is 42.1 Å². The number of ether oxygens (including phenoxy) is 2. The topological polar surface area (TPSA) is 111 Å². The Hall–Kier alpha value is -1.77. The van der Waals surface area contributed by atoms with Gasteiger partial charge in [0.25, 0.3) is 7.82 Å². The molecular formula is C48H90NO8P. The fourth-order valence-corrected chi connectivity index (χ4v) is 7.11. The van der Waals surface area contributed by atoms with Gasteiger partial charge < -0.3 is 27.9 Å². The molecule has 0 heterocycles. The highest BCUT2D eigenvalue weighted by molar-refractivity contribution is 7.45. The van der Waals surface area contributed by atoms with Gasteiger partial charge in [0, 0.05) is 12.8 Å². The monoisotopic (exact) mass is 840 g/mol. The van der Waals surface area contributed by atoms with Crippen LogP contribution in [-0.2, 0) is 32.7 Å². The highest BCUT2D eigenvalue weighted by Crippen LogP contribution is 2.38. The summed E-state index contributed by atoms with van der Waals surface area (Å²) in [7, 11) is 1.16. The lowest BCUT2D eigenvalue weighted by molar-refractivity contribution is -0.870. The summed E-state index contributed by atoms with van der Waals surface area (Å²) in [5, 5.41) is 0. The van der Waals surface area contributed by atoms with Gasteiger partial charge in [0.1, 0.15) is 19.8 Å². The Morgan fingerprint density at radius 1 is 0.534 bits per heavy atom. The van der Waals surface area contributed by atoms with Gasteiger partial charge in [-0.3, -0.25) is 14.2 Å². The number of allylic oxidation sites excluding steroid dienone is 6. The van der Waals surface area contributed by atoms with E-state index in [1.54, 1.807) is 0 Å². The number of carbonyl (C=O) groups excluding carboxylic acids is 2. The minimum absolute atomic E-state index is 0.0339. The quantitative estimate of drug-likeness (QED) is 0.0196. The van der Waals surface area contributed by atoms with Crippen LogP contribution in [0.15, 0.2) is 36.5 Å². The number of phosphoric ester groups is 1. The minimum atomic E-state index is -4.63. The number of quaternary nitrogens is 1. The summed E-state index contributed by atoms with van der Waals surface area (Å²) in [4.78, 5) is 37.6. The molecule has 0 N–H and O–H groups in total. The number of esters is 2. The maximum atomic E-state index is 12.7. The maximum Gasteiger partial charge on any atom is 0.306 e. The summed E-state index contributed by atoms with van der Waals surface area (Å²) in [6.45, 7) is 4.19. The number of nitrogens with zero attached hydrogens (tertiary/aromatic N) is 1. The molecule has 0 aromatic rings. The zero-order valence-electron chi connectivity index (χ0n) is 38.2. The fourth-order valence-electron chi connectivity index (χ4n) is 6.39. The Labute approximate surface area is 357 Å². The SMILES string of the molecule is CCCCC/C=C/C/C=C/CCCCCCCC(=O)O[C@H](COC(=O)CCCCCCCCCCC/C=C/CCCCCCCC)COP(=O)([O-])OCC[N+](C)(C)C. The normalized spacial score (nSPS) is 13.8. The first-order chi connectivity index (χ1) is 28.0. The van der Waals surface area contributed by atoms with Crippen LogP contribution in [-0.4, -0.2) is 70.0 Å². The van der Waals surface area contributed by atoms with Crippen molar-refractivity contribution in [1.29, 1.82) is 0 Å². The summed E-state index contributed by atoms with van der Waals surface area (Å²) in [5.74, 6) is -0.849. The van der Waals surface area contributed by atoms with Gasteiger partial charge in [0.2, 0.25) is 0 Å². The van der Waals surface area contributed by atoms with Gasteiger partial charge in [-0.2, -0.15) is 0 Å². The number of phosphoric acid groups is 1. The van der Waals surface area contributed by atoms with Crippen LogP contribution in [0.2, 0.25) is 0 Å². The summed E-state index contributed by atoms with van der Waals surface area (Å²) in [5.41, 5.74) is 0. The van der Waals surface area contributed by atoms with Gasteiger partial charge in [-0.1, -0.05) is 159 Å². The van der Waals surface area contributed by atoms with Gasteiger partial charge in [-0.15, -0.1) is 0 Å². The third-order valence-electron chi connectivity index (χ3n) is 10.1. The Morgan fingerprint density at radius 2 is 0.931 bits per heavy atom. The first-order valence-corrected chi connectivity index (χ1v) is 25.2. The zero-order chi connectivity index (χ0) is 42.8. The molecule has 0 aromatic heterocycles. The molecule has 0 bridgehead atoms. The van der Waals surface area contributed by atoms with Crippen LogP contribution in [0.3, 0.4) is 0 Å². The Balaban J connectivity index is 4.31. The fraction of sp³-hybridized carbons (Fsp3) is 0.833. The largest absolute Gasteiger partial charge is 0.756 e. The van der Waals surface area contributed by atoms with E-state index in [-0.39, 0.29) is 32.0 Å². The van der Waals surface area contributed by atoms with E-state index in [2.05, 4.69) is 50.3 Å². The molecule has 0 aliphatic rings. The van der Waals surface area contributed by atoms with Crippen molar-refractivity contribution in [3.8, 4) is 0 Å². The molecule has 2 atom stereocenters. The first-order valence-electron chi connectivity index (χ1n) is 23.7. The average Bonchev–Trinajstić information content (AvgIpc) is 3.17. The van der Waals surface area contributed by atoms with Crippen LogP contribution in [0.4, 0.5) is 0 Å². The van der Waals surface area contributed by atoms with Gasteiger partial charge in [0.05, 0.1) is 27.7 Å². The van der Waals surface area contributed by atoms with E-state index in [9.17, 15) is 19.0 Å². The Bertz CT molecular complexity index is 1090. The van der Waals surface area contributed by atoms with E-state index in [1.165, 1.54) is 116 Å². The van der Waals surface area contributed by atoms with Crippen molar-refractivity contribution in [1.82, 2.24) is 0 Å². The molecule has 58 heavy (non-hydrogen) atoms. The molecule has 9 nitrogen and oxygen atoms in total. The summed E-state index contributed by atoms with van der Waals surface area (Å²) in [6, 6.07) is 0. The van der Waals surface area contributed by atoms with Crippen molar-refractivity contribution in [2.45, 2.75) is 213 Å². The number of hydrogen-bond acceptors (Lipinski definition) is 8. The van der Waals surface area contributed by atoms with Crippen LogP contribution in [0.1, 0.15) is 206 Å². The lowest BCUT2D eigenvalue weighted by atomic mass is 10.1. The molecule has 0 aliphatic carbocycles. The molecule has 0 saturated heterocycles. The standard InChI is InChI=1S/C48H90NO8P/c1-6-8-10-12-14-16-18-20-22-23-24-25-27-28-30-32-34-36-38-40-47(50)54-44-46(45-56-58(52,53)55-43-42-49(3,4)5)57-48(51)41-39-37-35-33-31-29-26-21-19-17-15-13-11-9-7-2/h15,17,20-22,26,46H,6-14,16,18-19,23-25,27-45H2,1-5H3/b17-15+,22-20+,26-21+/t46-/m1/s1. The molecular weight excluding hydrogens is 750 g/mol. The van der Waals surface area contributed by atoms with Crippen LogP contribution < -0.4 is 4.89 Å². The van der Waals surface area contributed by atoms with Crippen LogP contribution >= 0.6 is 7.82 Å². The van der Waals surface area contributed by atoms with Crippen molar-refractivity contribution in [2.24, 2.45) is 0 Å². The van der Waals surface area contributed by atoms with E-state index in [1.807, 2.05) is 21.1 Å². The number of unbranched alkanes of at least 4 members (excludes halogenated alkanes) is 23. The van der Waals surface area contributed by atoms with E-state index >= 15 is 0 Å². The van der Waals surface area contributed by atoms with E-state index in [0.717, 1.165) is 57.8 Å². The summed E-state index contributed by atoms with van der Waals surface area (Å²) in [6.07, 6.45) is 45.9. The lowest BCUT2D eigenvalue weighted by Gasteiger charge is -2.28. The molecule has 0 fully saturated rings. The van der Waals surface area contributed by atoms with Crippen LogP contribution in [0, 0.1) is 0 Å². The maximum absolute atomic E-state index is 12.7. The first kappa shape index (κ1) is 56.2. The second-order valence-electron chi connectivity index (χ2n) is 17.1. The van der Waals surface area contributed by atoms with Gasteiger partial charge in [0.15, 0.2) is 6.10 Å². The second kappa shape index (κ2) is 40.6. The van der Waals surface area contributed by atoms with Gasteiger partial charge in [-0.05, 0) is 70.6 Å². The molecule has 10 heteroatoms. The van der Waals surface area contributed by atoms with Crippen LogP contribution in [0.5, 0.6) is 0 Å². The molecule has 340 valence electrons. The molecule has 0 radical (unpaired) electrons. The Morgan fingerprint density at radius 3 is 1.41 bits per heavy atom. The van der Waals surface area contributed by atoms with Crippen molar-refractivity contribution in [2.75, 3.05) is 47.5 Å². The molecule has 0 rings (SSSR count). The highest BCUT2D eigenvalue weighted by atomic mass is 31.2. The molecule has 0 saturated carbocycles. The number of rotatable bonds is 43. The summed E-state index contributed by atoms with van der Waals surface area (Å²) < 4.78 is 33.9. The van der Waals surface area contributed by atoms with E-state index < -0.39 is 26.5 Å². The smallest absolute Gasteiger partial charge is 0.306 e. The molecule has 0 amide bonds. The zero-order valence-corrected chi connectivity index (χ0v) is 39.1. The predicted molar refractivity (Wildman–Crippen MR) is 241 cm³/mol. The minimum Gasteiger partial charge on any atom is -0.756 e. The molecule has 0 spiro atoms. The molecule has 0 aromatic carbocycles. The van der Waals surface area contributed by atoms with Crippen molar-refractivity contribution in [3.63, 3.8) is 0 Å². The van der Waals surface area contributed by atoms with Gasteiger partial charge in [-0.25, -0.2) is 0 Å². The Kier molecular flexibility index (Phi) is 39.4. The number of hydrogen-bond donors (Lipinski definition) is 0. The second-order valence-corrected chi connectivity index (χ2v) is 18.5. The van der Waals surface area contributed by atoms with E-state index in [4.69, 9.17) is 18.5 Å². The number of carbonyl (C=O) groups is 2. The number of likely N-dealkylation sites (N-methyl/N-ethyl adjacent to an activating group) is 1. The third kappa shape index (κ3) is 43.8. The van der Waals surface area contributed by atoms with Crippen molar-refractivity contribution in [3.05, 3.63) is 36.5 Å². The lowest BCUT2D eigenvalue weighted by Crippen LogP contribution is -2.37. The third-order valence-corrected chi connectivity index (χ3v) is 11.1. The highest BCUT2D eigenvalue weighted by Gasteiger charge is 2.21. The molecule has 0 aliphatic heterocycles. The molecule has 1 unspecified atom stereocenters. The average molecular weight is 840 g/mol. The van der Waals surface area contributed by atoms with E-state index in [0.29, 0.717) is 17.4 Å². The summed E-state index contributed by atoms with van der Waals surface area (Å²) >= 11 is 0. The van der Waals surface area contributed by atoms with Crippen molar-refractivity contribution >= 4 is 19.8 Å². The predicted octanol–water partition coefficient (Wildman–Crippen LogP) is 13.1. The van der Waals surface area contributed by atoms with Gasteiger partial charge >= 0.3 is 11.9 Å². The van der Waals surface area contributed by atoms with Crippen LogP contribution in [0.25, 0.3) is 0 Å².